The van der Waals surface area contributed by atoms with Crippen molar-refractivity contribution in [3.63, 3.8) is 0 Å². The molecule has 0 aliphatic carbocycles. The number of ether oxygens (including phenoxy) is 1. The van der Waals surface area contributed by atoms with Crippen LogP contribution in [0.15, 0.2) is 121 Å². The molecule has 3 heterocycles. The van der Waals surface area contributed by atoms with E-state index >= 15 is 0 Å². The van der Waals surface area contributed by atoms with Crippen LogP contribution in [-0.4, -0.2) is 5.72 Å². The lowest BCUT2D eigenvalue weighted by atomic mass is 9.76. The normalized spacial score (nSPS) is 18.8. The highest BCUT2D eigenvalue weighted by Crippen LogP contribution is 2.55. The quantitative estimate of drug-likeness (QED) is 0.244. The molecular formula is C35H31N2O+. The fourth-order valence-electron chi connectivity index (χ4n) is 6.33. The minimum absolute atomic E-state index is 0.259. The van der Waals surface area contributed by atoms with E-state index in [1.807, 2.05) is 0 Å². The lowest BCUT2D eigenvalue weighted by Crippen LogP contribution is -2.59. The molecule has 0 amide bonds. The lowest BCUT2D eigenvalue weighted by Gasteiger charge is -2.47. The van der Waals surface area contributed by atoms with E-state index in [0.29, 0.717) is 0 Å². The van der Waals surface area contributed by atoms with Gasteiger partial charge >= 0.3 is 0 Å². The molecule has 2 aliphatic heterocycles. The van der Waals surface area contributed by atoms with E-state index in [-0.39, 0.29) is 5.41 Å². The summed E-state index contributed by atoms with van der Waals surface area (Å²) in [6.07, 6.45) is 6.75. The Hall–Kier alpha value is -4.37. The van der Waals surface area contributed by atoms with Gasteiger partial charge in [-0.05, 0) is 55.3 Å². The maximum atomic E-state index is 7.16. The zero-order chi connectivity index (χ0) is 25.7. The second-order valence-electron chi connectivity index (χ2n) is 10.9. The number of rotatable bonds is 4. The Morgan fingerprint density at radius 3 is 2.24 bits per heavy atom. The topological polar surface area (TPSA) is 16.4 Å². The molecule has 0 N–H and O–H groups in total. The number of aromatic nitrogens is 1. The van der Waals surface area contributed by atoms with Gasteiger partial charge in [0, 0.05) is 35.5 Å². The van der Waals surface area contributed by atoms with Crippen LogP contribution in [0.3, 0.4) is 0 Å². The number of anilines is 1. The molecule has 0 fully saturated rings. The second kappa shape index (κ2) is 8.59. The van der Waals surface area contributed by atoms with Crippen LogP contribution in [0, 0.1) is 0 Å². The largest absolute Gasteiger partial charge is 0.463 e. The molecule has 1 spiro atoms. The van der Waals surface area contributed by atoms with Crippen molar-refractivity contribution in [2.75, 3.05) is 4.90 Å². The molecule has 3 nitrogen and oxygen atoms in total. The van der Waals surface area contributed by atoms with E-state index in [1.165, 1.54) is 33.3 Å². The third kappa shape index (κ3) is 3.39. The van der Waals surface area contributed by atoms with Crippen LogP contribution in [-0.2, 0) is 18.5 Å². The zero-order valence-corrected chi connectivity index (χ0v) is 21.8. The highest BCUT2D eigenvalue weighted by molar-refractivity contribution is 5.90. The molecular weight excluding hydrogens is 464 g/mol. The van der Waals surface area contributed by atoms with Crippen molar-refractivity contribution >= 4 is 22.7 Å². The van der Waals surface area contributed by atoms with Gasteiger partial charge in [-0.1, -0.05) is 78.9 Å². The van der Waals surface area contributed by atoms with Crippen LogP contribution < -0.4 is 14.2 Å². The summed E-state index contributed by atoms with van der Waals surface area (Å²) in [5.41, 5.74) is 6.55. The standard InChI is InChI=1S/C35H31N2O/c1-34(2)30-17-9-10-18-32(30)37(25-27-14-7-4-8-15-27)35(34)22-21-29-28-16-11-23-36(24-26-12-5-3-6-13-26)31(28)19-20-33(29)38-35/h3-23H,24-25H2,1-2H3/q+1. The van der Waals surface area contributed by atoms with Gasteiger partial charge in [0.1, 0.15) is 5.75 Å². The van der Waals surface area contributed by atoms with Crippen LogP contribution >= 0.6 is 0 Å². The third-order valence-electron chi connectivity index (χ3n) is 8.35. The third-order valence-corrected chi connectivity index (χ3v) is 8.35. The molecule has 0 saturated carbocycles. The summed E-state index contributed by atoms with van der Waals surface area (Å²) < 4.78 is 9.48. The summed E-state index contributed by atoms with van der Waals surface area (Å²) >= 11 is 0. The van der Waals surface area contributed by atoms with Crippen molar-refractivity contribution in [3.8, 4) is 5.75 Å². The number of nitrogens with zero attached hydrogens (tertiary/aromatic N) is 2. The number of para-hydroxylation sites is 1. The zero-order valence-electron chi connectivity index (χ0n) is 21.8. The smallest absolute Gasteiger partial charge is 0.213 e. The summed E-state index contributed by atoms with van der Waals surface area (Å²) in [7, 11) is 0. The Labute approximate surface area is 224 Å². The fraction of sp³-hybridized carbons (Fsp3) is 0.171. The number of benzene rings is 4. The predicted octanol–water partition coefficient (Wildman–Crippen LogP) is 7.28. The van der Waals surface area contributed by atoms with Gasteiger partial charge in [0.05, 0.1) is 10.8 Å². The van der Waals surface area contributed by atoms with E-state index < -0.39 is 5.72 Å². The first-order valence-corrected chi connectivity index (χ1v) is 13.4. The Balaban J connectivity index is 1.34. The number of hydrogen-bond donors (Lipinski definition) is 0. The lowest BCUT2D eigenvalue weighted by molar-refractivity contribution is -0.662. The maximum absolute atomic E-state index is 7.16. The fourth-order valence-corrected chi connectivity index (χ4v) is 6.33. The van der Waals surface area contributed by atoms with Gasteiger partial charge in [-0.2, -0.15) is 4.57 Å². The number of pyridine rings is 1. The van der Waals surface area contributed by atoms with Crippen molar-refractivity contribution in [2.45, 2.75) is 38.1 Å². The van der Waals surface area contributed by atoms with Crippen LogP contribution in [0.1, 0.15) is 36.1 Å². The average Bonchev–Trinajstić information content (AvgIpc) is 3.12. The first kappa shape index (κ1) is 22.8. The molecule has 5 aromatic rings. The molecule has 38 heavy (non-hydrogen) atoms. The van der Waals surface area contributed by atoms with Gasteiger partial charge < -0.3 is 9.64 Å². The second-order valence-corrected chi connectivity index (χ2v) is 10.9. The van der Waals surface area contributed by atoms with Crippen molar-refractivity contribution in [3.05, 3.63) is 144 Å². The molecule has 1 atom stereocenters. The monoisotopic (exact) mass is 495 g/mol. The van der Waals surface area contributed by atoms with E-state index in [9.17, 15) is 0 Å². The van der Waals surface area contributed by atoms with Crippen LogP contribution in [0.2, 0.25) is 0 Å². The molecule has 4 aromatic carbocycles. The molecule has 1 unspecified atom stereocenters. The summed E-state index contributed by atoms with van der Waals surface area (Å²) in [6, 6.07) is 38.8. The SMILES string of the molecule is CC1(C)c2ccccc2N(Cc2ccccc2)C12C=Cc1c(ccc3c1ccc[n+]3Cc1ccccc1)O2. The Bertz CT molecular complexity index is 1670. The van der Waals surface area contributed by atoms with Gasteiger partial charge in [0.2, 0.25) is 11.2 Å². The average molecular weight is 496 g/mol. The number of hydrogen-bond acceptors (Lipinski definition) is 2. The van der Waals surface area contributed by atoms with E-state index in [4.69, 9.17) is 4.74 Å². The van der Waals surface area contributed by atoms with Gasteiger partial charge in [-0.15, -0.1) is 0 Å². The molecule has 186 valence electrons. The molecule has 0 saturated heterocycles. The van der Waals surface area contributed by atoms with E-state index in [0.717, 1.165) is 24.4 Å². The van der Waals surface area contributed by atoms with E-state index in [2.05, 4.69) is 151 Å². The summed E-state index contributed by atoms with van der Waals surface area (Å²) in [5.74, 6) is 0.927. The Morgan fingerprint density at radius 2 is 1.45 bits per heavy atom. The first-order valence-electron chi connectivity index (χ1n) is 13.4. The van der Waals surface area contributed by atoms with Gasteiger partial charge in [0.25, 0.3) is 0 Å². The highest BCUT2D eigenvalue weighted by atomic mass is 16.5. The summed E-state index contributed by atoms with van der Waals surface area (Å²) in [5, 5.41) is 1.20. The van der Waals surface area contributed by atoms with Crippen molar-refractivity contribution < 1.29 is 9.30 Å². The minimum Gasteiger partial charge on any atom is -0.463 e. The molecule has 2 aliphatic rings. The molecule has 7 rings (SSSR count). The summed E-state index contributed by atoms with van der Waals surface area (Å²) in [4.78, 5) is 2.45. The van der Waals surface area contributed by atoms with Gasteiger partial charge in [0.15, 0.2) is 12.7 Å². The van der Waals surface area contributed by atoms with Crippen LogP contribution in [0.5, 0.6) is 5.75 Å². The first-order chi connectivity index (χ1) is 18.6. The van der Waals surface area contributed by atoms with Gasteiger partial charge in [-0.25, -0.2) is 0 Å². The van der Waals surface area contributed by atoms with Crippen molar-refractivity contribution in [1.29, 1.82) is 0 Å². The molecule has 0 radical (unpaired) electrons. The van der Waals surface area contributed by atoms with Crippen LogP contribution in [0.25, 0.3) is 17.0 Å². The highest BCUT2D eigenvalue weighted by Gasteiger charge is 2.58. The summed E-state index contributed by atoms with van der Waals surface area (Å²) in [6.45, 7) is 6.21. The van der Waals surface area contributed by atoms with Crippen molar-refractivity contribution in [2.24, 2.45) is 0 Å². The minimum atomic E-state index is -0.637. The number of fused-ring (bicyclic) bond motifs is 4. The Morgan fingerprint density at radius 1 is 0.737 bits per heavy atom. The Kier molecular flexibility index (Phi) is 5.16. The van der Waals surface area contributed by atoms with Crippen molar-refractivity contribution in [1.82, 2.24) is 0 Å². The molecule has 3 heteroatoms. The maximum Gasteiger partial charge on any atom is 0.213 e. The van der Waals surface area contributed by atoms with Gasteiger partial charge in [-0.3, -0.25) is 0 Å². The molecule has 1 aromatic heterocycles. The predicted molar refractivity (Wildman–Crippen MR) is 154 cm³/mol. The molecule has 0 bridgehead atoms. The van der Waals surface area contributed by atoms with E-state index in [1.54, 1.807) is 0 Å². The van der Waals surface area contributed by atoms with Crippen LogP contribution in [0.4, 0.5) is 5.69 Å².